The second kappa shape index (κ2) is 9.68. The standard InChI is InChI=1S/C25H25NO7/c1-3-11-32-18-10-9-16(14-20(18)30-4-2)22-21(23(27)19-8-6-13-33-19)24(28)25(29)26(22)15-17-7-5-12-31-17/h5-10,12-14,22,28H,3-4,11,15H2,1-2H3. The number of nitrogens with zero attached hydrogens (tertiary/aromatic N) is 1. The van der Waals surface area contributed by atoms with Gasteiger partial charge in [0.25, 0.3) is 5.91 Å². The van der Waals surface area contributed by atoms with E-state index in [0.29, 0.717) is 36.0 Å². The summed E-state index contributed by atoms with van der Waals surface area (Å²) in [5, 5.41) is 10.7. The lowest BCUT2D eigenvalue weighted by molar-refractivity contribution is -0.130. The molecule has 0 saturated carbocycles. The molecule has 0 saturated heterocycles. The topological polar surface area (TPSA) is 102 Å². The first-order valence-electron chi connectivity index (χ1n) is 10.8. The van der Waals surface area contributed by atoms with Gasteiger partial charge in [-0.1, -0.05) is 13.0 Å². The number of amides is 1. The number of rotatable bonds is 10. The molecule has 0 aliphatic carbocycles. The molecule has 0 fully saturated rings. The summed E-state index contributed by atoms with van der Waals surface area (Å²) in [4.78, 5) is 27.7. The third-order valence-corrected chi connectivity index (χ3v) is 5.24. The van der Waals surface area contributed by atoms with Gasteiger partial charge in [-0.3, -0.25) is 9.59 Å². The summed E-state index contributed by atoms with van der Waals surface area (Å²) < 4.78 is 22.2. The van der Waals surface area contributed by atoms with Gasteiger partial charge in [0.2, 0.25) is 5.78 Å². The van der Waals surface area contributed by atoms with Crippen LogP contribution >= 0.6 is 0 Å². The molecule has 3 aromatic rings. The number of ketones is 1. The number of aliphatic hydroxyl groups excluding tert-OH is 1. The number of aliphatic hydroxyl groups is 1. The van der Waals surface area contributed by atoms with Crippen LogP contribution in [0.5, 0.6) is 11.5 Å². The van der Waals surface area contributed by atoms with Crippen LogP contribution in [0.4, 0.5) is 0 Å². The van der Waals surface area contributed by atoms with Crippen molar-refractivity contribution in [2.45, 2.75) is 32.9 Å². The van der Waals surface area contributed by atoms with Gasteiger partial charge in [0, 0.05) is 0 Å². The summed E-state index contributed by atoms with van der Waals surface area (Å²) in [6.45, 7) is 4.86. The average molecular weight is 451 g/mol. The van der Waals surface area contributed by atoms with Crippen molar-refractivity contribution in [1.82, 2.24) is 4.90 Å². The summed E-state index contributed by atoms with van der Waals surface area (Å²) in [7, 11) is 0. The number of Topliss-reactive ketones (excluding diaryl/α,β-unsaturated/α-hetero) is 1. The molecule has 1 aliphatic heterocycles. The van der Waals surface area contributed by atoms with Crippen LogP contribution in [-0.2, 0) is 11.3 Å². The number of carbonyl (C=O) groups is 2. The molecule has 1 aromatic carbocycles. The molecule has 8 heteroatoms. The molecule has 172 valence electrons. The van der Waals surface area contributed by atoms with Gasteiger partial charge in [0.1, 0.15) is 5.76 Å². The van der Waals surface area contributed by atoms with Crippen molar-refractivity contribution in [1.29, 1.82) is 0 Å². The lowest BCUT2D eigenvalue weighted by Crippen LogP contribution is -2.30. The molecule has 0 spiro atoms. The number of benzene rings is 1. The van der Waals surface area contributed by atoms with Crippen molar-refractivity contribution < 1.29 is 33.0 Å². The predicted octanol–water partition coefficient (Wildman–Crippen LogP) is 4.84. The maximum Gasteiger partial charge on any atom is 0.290 e. The van der Waals surface area contributed by atoms with E-state index in [9.17, 15) is 14.7 Å². The smallest absolute Gasteiger partial charge is 0.290 e. The highest BCUT2D eigenvalue weighted by Crippen LogP contribution is 2.42. The third-order valence-electron chi connectivity index (χ3n) is 5.24. The Hall–Kier alpha value is -3.94. The fourth-order valence-corrected chi connectivity index (χ4v) is 3.80. The molecule has 0 bridgehead atoms. The molecule has 0 radical (unpaired) electrons. The van der Waals surface area contributed by atoms with Gasteiger partial charge in [-0.25, -0.2) is 0 Å². The Morgan fingerprint density at radius 2 is 1.85 bits per heavy atom. The summed E-state index contributed by atoms with van der Waals surface area (Å²) in [5.41, 5.74) is 0.521. The van der Waals surface area contributed by atoms with Crippen LogP contribution in [0.1, 0.15) is 48.2 Å². The summed E-state index contributed by atoms with van der Waals surface area (Å²) in [5.74, 6) is -0.251. The van der Waals surface area contributed by atoms with E-state index in [1.54, 1.807) is 36.4 Å². The monoisotopic (exact) mass is 451 g/mol. The SMILES string of the molecule is CCCOc1ccc(C2C(C(=O)c3ccco3)=C(O)C(=O)N2Cc2ccco2)cc1OCC. The molecule has 1 unspecified atom stereocenters. The lowest BCUT2D eigenvalue weighted by atomic mass is 9.94. The van der Waals surface area contributed by atoms with Crippen LogP contribution < -0.4 is 9.47 Å². The molecule has 1 N–H and O–H groups in total. The lowest BCUT2D eigenvalue weighted by Gasteiger charge is -2.26. The maximum atomic E-state index is 13.2. The fourth-order valence-electron chi connectivity index (χ4n) is 3.80. The molecular weight excluding hydrogens is 426 g/mol. The minimum atomic E-state index is -0.875. The predicted molar refractivity (Wildman–Crippen MR) is 118 cm³/mol. The van der Waals surface area contributed by atoms with Gasteiger partial charge in [-0.05, 0) is 55.3 Å². The second-order valence-corrected chi connectivity index (χ2v) is 7.47. The van der Waals surface area contributed by atoms with E-state index in [4.69, 9.17) is 18.3 Å². The zero-order valence-corrected chi connectivity index (χ0v) is 18.4. The Bertz CT molecular complexity index is 1150. The van der Waals surface area contributed by atoms with Crippen LogP contribution in [-0.4, -0.2) is 34.9 Å². The first kappa shape index (κ1) is 22.3. The van der Waals surface area contributed by atoms with Gasteiger partial charge < -0.3 is 28.3 Å². The van der Waals surface area contributed by atoms with E-state index in [1.165, 1.54) is 23.5 Å². The highest BCUT2D eigenvalue weighted by molar-refractivity contribution is 6.15. The van der Waals surface area contributed by atoms with Crippen LogP contribution in [0.2, 0.25) is 0 Å². The summed E-state index contributed by atoms with van der Waals surface area (Å²) in [6, 6.07) is 10.9. The number of hydrogen-bond acceptors (Lipinski definition) is 7. The molecule has 3 heterocycles. The number of hydrogen-bond donors (Lipinski definition) is 1. The molecule has 4 rings (SSSR count). The van der Waals surface area contributed by atoms with E-state index in [2.05, 4.69) is 0 Å². The first-order valence-corrected chi connectivity index (χ1v) is 10.8. The molecule has 1 amide bonds. The fraction of sp³-hybridized carbons (Fsp3) is 0.280. The van der Waals surface area contributed by atoms with Gasteiger partial charge in [0.05, 0.1) is 43.9 Å². The van der Waals surface area contributed by atoms with E-state index in [1.807, 2.05) is 13.8 Å². The van der Waals surface area contributed by atoms with Crippen LogP contribution in [0.15, 0.2) is 75.2 Å². The minimum absolute atomic E-state index is 0.0297. The average Bonchev–Trinajstić information content (AvgIpc) is 3.57. The minimum Gasteiger partial charge on any atom is -0.503 e. The van der Waals surface area contributed by atoms with Crippen molar-refractivity contribution in [3.05, 3.63) is 83.4 Å². The molecule has 1 atom stereocenters. The highest BCUT2D eigenvalue weighted by Gasteiger charge is 2.45. The van der Waals surface area contributed by atoms with E-state index >= 15 is 0 Å². The summed E-state index contributed by atoms with van der Waals surface area (Å²) in [6.07, 6.45) is 3.70. The molecule has 2 aromatic heterocycles. The summed E-state index contributed by atoms with van der Waals surface area (Å²) >= 11 is 0. The maximum absolute atomic E-state index is 13.2. The van der Waals surface area contributed by atoms with Crippen molar-refractivity contribution in [3.8, 4) is 11.5 Å². The zero-order valence-electron chi connectivity index (χ0n) is 18.4. The molecule has 1 aliphatic rings. The Kier molecular flexibility index (Phi) is 6.53. The Balaban J connectivity index is 1.79. The van der Waals surface area contributed by atoms with Gasteiger partial charge in [-0.15, -0.1) is 0 Å². The largest absolute Gasteiger partial charge is 0.503 e. The normalized spacial score (nSPS) is 15.9. The van der Waals surface area contributed by atoms with Crippen LogP contribution in [0, 0.1) is 0 Å². The van der Waals surface area contributed by atoms with E-state index in [-0.39, 0.29) is 17.9 Å². The molecule has 33 heavy (non-hydrogen) atoms. The van der Waals surface area contributed by atoms with Crippen molar-refractivity contribution in [2.75, 3.05) is 13.2 Å². The third kappa shape index (κ3) is 4.37. The number of ether oxygens (including phenoxy) is 2. The van der Waals surface area contributed by atoms with Crippen molar-refractivity contribution >= 4 is 11.7 Å². The van der Waals surface area contributed by atoms with E-state index in [0.717, 1.165) is 6.42 Å². The molecular formula is C25H25NO7. The first-order chi connectivity index (χ1) is 16.0. The second-order valence-electron chi connectivity index (χ2n) is 7.47. The number of carbonyl (C=O) groups excluding carboxylic acids is 2. The molecule has 8 nitrogen and oxygen atoms in total. The van der Waals surface area contributed by atoms with Crippen LogP contribution in [0.25, 0.3) is 0 Å². The number of furan rings is 2. The van der Waals surface area contributed by atoms with Crippen molar-refractivity contribution in [2.24, 2.45) is 0 Å². The van der Waals surface area contributed by atoms with Gasteiger partial charge in [-0.2, -0.15) is 0 Å². The Labute approximate surface area is 191 Å². The highest BCUT2D eigenvalue weighted by atomic mass is 16.5. The quantitative estimate of drug-likeness (QED) is 0.440. The Morgan fingerprint density at radius 3 is 2.52 bits per heavy atom. The van der Waals surface area contributed by atoms with E-state index < -0.39 is 23.5 Å². The van der Waals surface area contributed by atoms with Gasteiger partial charge >= 0.3 is 0 Å². The van der Waals surface area contributed by atoms with Crippen LogP contribution in [0.3, 0.4) is 0 Å². The zero-order chi connectivity index (χ0) is 23.4. The van der Waals surface area contributed by atoms with Crippen molar-refractivity contribution in [3.63, 3.8) is 0 Å². The van der Waals surface area contributed by atoms with Gasteiger partial charge in [0.15, 0.2) is 23.0 Å². The Morgan fingerprint density at radius 1 is 1.06 bits per heavy atom.